The minimum absolute atomic E-state index is 0.280. The molecule has 0 spiro atoms. The normalized spacial score (nSPS) is 17.8. The second-order valence-corrected chi connectivity index (χ2v) is 5.53. The Hall–Kier alpha value is -1.30. The van der Waals surface area contributed by atoms with Crippen molar-refractivity contribution in [1.82, 2.24) is 9.80 Å². The molecule has 0 atom stereocenters. The fourth-order valence-corrected chi connectivity index (χ4v) is 1.77. The molecule has 0 bridgehead atoms. The van der Waals surface area contributed by atoms with Gasteiger partial charge in [0.15, 0.2) is 0 Å². The van der Waals surface area contributed by atoms with Crippen LogP contribution < -0.4 is 0 Å². The van der Waals surface area contributed by atoms with Crippen LogP contribution in [0.15, 0.2) is 0 Å². The van der Waals surface area contributed by atoms with Crippen LogP contribution in [-0.2, 0) is 14.3 Å². The van der Waals surface area contributed by atoms with Gasteiger partial charge in [0.25, 0.3) is 0 Å². The second kappa shape index (κ2) is 6.75. The van der Waals surface area contributed by atoms with Crippen molar-refractivity contribution in [2.45, 2.75) is 33.3 Å². The molecule has 0 saturated carbocycles. The van der Waals surface area contributed by atoms with E-state index in [0.717, 1.165) is 13.1 Å². The predicted octanol–water partition coefficient (Wildman–Crippen LogP) is 1.10. The van der Waals surface area contributed by atoms with Crippen LogP contribution in [0.1, 0.15) is 29.0 Å². The fraction of sp³-hybridized carbons (Fsp3) is 0.846. The van der Waals surface area contributed by atoms with E-state index in [4.69, 9.17) is 10.8 Å². The van der Waals surface area contributed by atoms with Crippen LogP contribution in [0, 0.1) is 0 Å². The van der Waals surface area contributed by atoms with Gasteiger partial charge in [0.2, 0.25) is 0 Å². The van der Waals surface area contributed by atoms with E-state index in [0.29, 0.717) is 26.2 Å². The van der Waals surface area contributed by atoms with Gasteiger partial charge in [0.1, 0.15) is 12.2 Å². The molecule has 1 saturated heterocycles. The highest BCUT2D eigenvalue weighted by Gasteiger charge is 2.25. The zero-order valence-corrected chi connectivity index (χ0v) is 12.0. The lowest BCUT2D eigenvalue weighted by Crippen LogP contribution is -2.50. The van der Waals surface area contributed by atoms with Gasteiger partial charge in [-0.3, -0.25) is 9.69 Å². The minimum atomic E-state index is -0.502. The zero-order valence-electron chi connectivity index (χ0n) is 13.0. The van der Waals surface area contributed by atoms with E-state index in [2.05, 4.69) is 4.90 Å². The van der Waals surface area contributed by atoms with E-state index in [1.165, 1.54) is 0 Å². The average molecular weight is 273 g/mol. The second-order valence-electron chi connectivity index (χ2n) is 5.53. The van der Waals surface area contributed by atoms with E-state index < -0.39 is 11.6 Å². The van der Waals surface area contributed by atoms with Crippen LogP contribution in [0.25, 0.3) is 0 Å². The average Bonchev–Trinajstić information content (AvgIpc) is 2.37. The molecule has 0 aromatic heterocycles. The summed E-state index contributed by atoms with van der Waals surface area (Å²) in [6.45, 7) is 8.83. The number of ether oxygens (including phenoxy) is 2. The Balaban J connectivity index is 2.23. The van der Waals surface area contributed by atoms with Gasteiger partial charge in [-0.05, 0) is 20.8 Å². The van der Waals surface area contributed by atoms with Crippen molar-refractivity contribution in [1.29, 1.82) is 0 Å². The van der Waals surface area contributed by atoms with Crippen molar-refractivity contribution in [3.8, 4) is 0 Å². The van der Waals surface area contributed by atoms with E-state index >= 15 is 0 Å². The molecular weight excluding hydrogens is 248 g/mol. The molecule has 110 valence electrons. The molecule has 1 heterocycles. The quantitative estimate of drug-likeness (QED) is 0.721. The number of carbonyl (C=O) groups is 2. The van der Waals surface area contributed by atoms with Crippen molar-refractivity contribution in [3.05, 3.63) is 0 Å². The molecule has 0 N–H and O–H groups in total. The first-order valence-corrected chi connectivity index (χ1v) is 6.47. The highest BCUT2D eigenvalue weighted by molar-refractivity contribution is 5.68. The molecule has 19 heavy (non-hydrogen) atoms. The van der Waals surface area contributed by atoms with Crippen LogP contribution >= 0.6 is 0 Å². The standard InChI is InChI=1S/C13H24N2O4/c1-11(16)18-10-9-14-5-7-15(8-6-14)12(17)19-13(2,3)4/h5-10H2,1-4H3/i1D. The topological polar surface area (TPSA) is 59.1 Å². The summed E-state index contributed by atoms with van der Waals surface area (Å²) >= 11 is 0. The molecule has 0 unspecified atom stereocenters. The number of rotatable bonds is 3. The first-order valence-electron chi connectivity index (χ1n) is 7.17. The SMILES string of the molecule is [2H]CC(=O)OCCN1CCN(C(=O)OC(C)(C)C)CC1. The fourth-order valence-electron chi connectivity index (χ4n) is 1.77. The molecule has 0 radical (unpaired) electrons. The molecule has 1 rings (SSSR count). The maximum absolute atomic E-state index is 11.9. The molecule has 0 aromatic rings. The third-order valence-electron chi connectivity index (χ3n) is 2.69. The van der Waals surface area contributed by atoms with Crippen LogP contribution in [0.3, 0.4) is 0 Å². The Morgan fingerprint density at radius 2 is 1.84 bits per heavy atom. The van der Waals surface area contributed by atoms with Crippen LogP contribution in [-0.4, -0.2) is 66.8 Å². The van der Waals surface area contributed by atoms with E-state index in [-0.39, 0.29) is 13.0 Å². The number of piperazine rings is 1. The molecule has 1 aliphatic rings. The first kappa shape index (κ1) is 14.1. The lowest BCUT2D eigenvalue weighted by Gasteiger charge is -2.35. The third-order valence-corrected chi connectivity index (χ3v) is 2.69. The van der Waals surface area contributed by atoms with Crippen LogP contribution in [0.2, 0.25) is 0 Å². The summed E-state index contributed by atoms with van der Waals surface area (Å²) in [7, 11) is 0. The predicted molar refractivity (Wildman–Crippen MR) is 70.9 cm³/mol. The van der Waals surface area contributed by atoms with Crippen molar-refractivity contribution in [3.63, 3.8) is 0 Å². The van der Waals surface area contributed by atoms with Crippen molar-refractivity contribution < 1.29 is 20.4 Å². The molecule has 1 aliphatic heterocycles. The lowest BCUT2D eigenvalue weighted by molar-refractivity contribution is -0.141. The van der Waals surface area contributed by atoms with Gasteiger partial charge in [0.05, 0.1) is 0 Å². The van der Waals surface area contributed by atoms with E-state index in [1.54, 1.807) is 4.90 Å². The van der Waals surface area contributed by atoms with Crippen molar-refractivity contribution in [2.24, 2.45) is 0 Å². The molecule has 1 amide bonds. The monoisotopic (exact) mass is 273 g/mol. The molecule has 1 fully saturated rings. The number of esters is 1. The Bertz CT molecular complexity index is 336. The van der Waals surface area contributed by atoms with E-state index in [1.807, 2.05) is 20.8 Å². The van der Waals surface area contributed by atoms with Crippen LogP contribution in [0.4, 0.5) is 4.79 Å². The van der Waals surface area contributed by atoms with Gasteiger partial charge < -0.3 is 14.4 Å². The van der Waals surface area contributed by atoms with Gasteiger partial charge in [-0.1, -0.05) is 0 Å². The summed E-state index contributed by atoms with van der Waals surface area (Å²) in [5, 5.41) is 0. The highest BCUT2D eigenvalue weighted by atomic mass is 16.6. The largest absolute Gasteiger partial charge is 0.465 e. The first-order chi connectivity index (χ1) is 9.31. The maximum Gasteiger partial charge on any atom is 0.410 e. The van der Waals surface area contributed by atoms with Gasteiger partial charge in [-0.15, -0.1) is 0 Å². The summed E-state index contributed by atoms with van der Waals surface area (Å²) in [6, 6.07) is 0. The minimum Gasteiger partial charge on any atom is -0.465 e. The zero-order chi connectivity index (χ0) is 15.2. The molecule has 0 aliphatic carbocycles. The van der Waals surface area contributed by atoms with Crippen molar-refractivity contribution in [2.75, 3.05) is 39.3 Å². The van der Waals surface area contributed by atoms with Gasteiger partial charge in [-0.2, -0.15) is 0 Å². The molecule has 0 aromatic carbocycles. The summed E-state index contributed by atoms with van der Waals surface area (Å²) in [5.41, 5.74) is -0.474. The summed E-state index contributed by atoms with van der Waals surface area (Å²) in [6.07, 6.45) is -0.280. The number of hydrogen-bond acceptors (Lipinski definition) is 5. The summed E-state index contributed by atoms with van der Waals surface area (Å²) in [5.74, 6) is -0.502. The summed E-state index contributed by atoms with van der Waals surface area (Å²) in [4.78, 5) is 26.5. The van der Waals surface area contributed by atoms with Gasteiger partial charge in [-0.25, -0.2) is 4.79 Å². The highest BCUT2D eigenvalue weighted by Crippen LogP contribution is 2.11. The Kier molecular flexibility index (Phi) is 5.01. The van der Waals surface area contributed by atoms with Crippen molar-refractivity contribution >= 4 is 12.1 Å². The summed E-state index contributed by atoms with van der Waals surface area (Å²) < 4.78 is 17.0. The Morgan fingerprint density at radius 1 is 1.21 bits per heavy atom. The Labute approximate surface area is 116 Å². The number of nitrogens with zero attached hydrogens (tertiary/aromatic N) is 2. The molecular formula is C13H24N2O4. The molecule has 6 heteroatoms. The third kappa shape index (κ3) is 6.42. The number of amides is 1. The van der Waals surface area contributed by atoms with Gasteiger partial charge in [0, 0.05) is 41.0 Å². The number of hydrogen-bond donors (Lipinski definition) is 0. The van der Waals surface area contributed by atoms with E-state index in [9.17, 15) is 9.59 Å². The number of carbonyl (C=O) groups excluding carboxylic acids is 2. The Morgan fingerprint density at radius 3 is 2.37 bits per heavy atom. The van der Waals surface area contributed by atoms with Gasteiger partial charge >= 0.3 is 12.1 Å². The lowest BCUT2D eigenvalue weighted by atomic mass is 10.2. The van der Waals surface area contributed by atoms with Crippen LogP contribution in [0.5, 0.6) is 0 Å². The molecule has 6 nitrogen and oxygen atoms in total. The maximum atomic E-state index is 11.9. The smallest absolute Gasteiger partial charge is 0.410 e.